The number of carbonyl (C=O) groups is 2. The van der Waals surface area contributed by atoms with Crippen LogP contribution in [0.5, 0.6) is 5.75 Å². The first-order valence-electron chi connectivity index (χ1n) is 8.38. The molecule has 0 saturated heterocycles. The van der Waals surface area contributed by atoms with Gasteiger partial charge in [0.15, 0.2) is 5.78 Å². The third kappa shape index (κ3) is 6.30. The largest absolute Gasteiger partial charge is 0.489 e. The number of amides is 1. The highest BCUT2D eigenvalue weighted by molar-refractivity contribution is 5.96. The SMILES string of the molecule is CCCC(CC(=O)c1ccc(OCc2ccccc2)cc1)NC(=O)O. The second kappa shape index (κ2) is 9.47. The van der Waals surface area contributed by atoms with Crippen molar-refractivity contribution in [2.75, 3.05) is 0 Å². The molecule has 1 atom stereocenters. The molecule has 132 valence electrons. The van der Waals surface area contributed by atoms with Gasteiger partial charge in [-0.3, -0.25) is 4.79 Å². The van der Waals surface area contributed by atoms with E-state index in [1.165, 1.54) is 0 Å². The van der Waals surface area contributed by atoms with Crippen LogP contribution in [0.4, 0.5) is 4.79 Å². The summed E-state index contributed by atoms with van der Waals surface area (Å²) in [5, 5.41) is 11.2. The third-order valence-electron chi connectivity index (χ3n) is 3.82. The molecule has 0 bridgehead atoms. The van der Waals surface area contributed by atoms with Crippen molar-refractivity contribution in [2.24, 2.45) is 0 Å². The number of nitrogens with one attached hydrogen (secondary N) is 1. The van der Waals surface area contributed by atoms with Gasteiger partial charge in [0.05, 0.1) is 0 Å². The number of carbonyl (C=O) groups excluding carboxylic acids is 1. The van der Waals surface area contributed by atoms with E-state index in [1.807, 2.05) is 37.3 Å². The van der Waals surface area contributed by atoms with Crippen LogP contribution in [0.3, 0.4) is 0 Å². The van der Waals surface area contributed by atoms with Gasteiger partial charge in [-0.1, -0.05) is 43.7 Å². The summed E-state index contributed by atoms with van der Waals surface area (Å²) in [7, 11) is 0. The van der Waals surface area contributed by atoms with Crippen LogP contribution in [0.15, 0.2) is 54.6 Å². The van der Waals surface area contributed by atoms with E-state index in [4.69, 9.17) is 9.84 Å². The van der Waals surface area contributed by atoms with Gasteiger partial charge >= 0.3 is 6.09 Å². The Morgan fingerprint density at radius 3 is 2.36 bits per heavy atom. The standard InChI is InChI=1S/C20H23NO4/c1-2-6-17(21-20(23)24)13-19(22)16-9-11-18(12-10-16)25-14-15-7-4-3-5-8-15/h3-5,7-12,17,21H,2,6,13-14H2,1H3,(H,23,24). The monoisotopic (exact) mass is 341 g/mol. The van der Waals surface area contributed by atoms with Crippen LogP contribution in [-0.4, -0.2) is 23.0 Å². The lowest BCUT2D eigenvalue weighted by Crippen LogP contribution is -2.35. The summed E-state index contributed by atoms with van der Waals surface area (Å²) in [6.45, 7) is 2.43. The fourth-order valence-electron chi connectivity index (χ4n) is 2.57. The smallest absolute Gasteiger partial charge is 0.404 e. The highest BCUT2D eigenvalue weighted by Crippen LogP contribution is 2.16. The average molecular weight is 341 g/mol. The van der Waals surface area contributed by atoms with E-state index in [-0.39, 0.29) is 18.2 Å². The van der Waals surface area contributed by atoms with Gasteiger partial charge in [0, 0.05) is 18.0 Å². The van der Waals surface area contributed by atoms with Crippen molar-refractivity contribution in [3.63, 3.8) is 0 Å². The Balaban J connectivity index is 1.91. The van der Waals surface area contributed by atoms with Gasteiger partial charge < -0.3 is 15.2 Å². The average Bonchev–Trinajstić information content (AvgIpc) is 2.61. The minimum absolute atomic E-state index is 0.0817. The first-order valence-corrected chi connectivity index (χ1v) is 8.38. The Kier molecular flexibility index (Phi) is 7.01. The Morgan fingerprint density at radius 2 is 1.76 bits per heavy atom. The lowest BCUT2D eigenvalue weighted by molar-refractivity contribution is 0.0967. The molecule has 0 aliphatic carbocycles. The molecule has 0 aromatic heterocycles. The zero-order valence-electron chi connectivity index (χ0n) is 14.3. The summed E-state index contributed by atoms with van der Waals surface area (Å²) < 4.78 is 5.70. The maximum atomic E-state index is 12.3. The minimum Gasteiger partial charge on any atom is -0.489 e. The van der Waals surface area contributed by atoms with Crippen molar-refractivity contribution >= 4 is 11.9 Å². The van der Waals surface area contributed by atoms with Crippen molar-refractivity contribution in [3.05, 3.63) is 65.7 Å². The normalized spacial score (nSPS) is 11.6. The van der Waals surface area contributed by atoms with Crippen LogP contribution in [-0.2, 0) is 6.61 Å². The molecule has 0 aliphatic heterocycles. The van der Waals surface area contributed by atoms with Gasteiger partial charge in [0.2, 0.25) is 0 Å². The van der Waals surface area contributed by atoms with Crippen LogP contribution in [0.1, 0.15) is 42.1 Å². The van der Waals surface area contributed by atoms with Crippen LogP contribution in [0.25, 0.3) is 0 Å². The van der Waals surface area contributed by atoms with E-state index in [0.29, 0.717) is 24.3 Å². The molecular formula is C20H23NO4. The summed E-state index contributed by atoms with van der Waals surface area (Å²) in [4.78, 5) is 23.1. The minimum atomic E-state index is -1.10. The molecule has 1 unspecified atom stereocenters. The van der Waals surface area contributed by atoms with E-state index in [9.17, 15) is 9.59 Å². The number of hydrogen-bond donors (Lipinski definition) is 2. The lowest BCUT2D eigenvalue weighted by Gasteiger charge is -2.15. The lowest BCUT2D eigenvalue weighted by atomic mass is 10.0. The summed E-state index contributed by atoms with van der Waals surface area (Å²) in [5.74, 6) is 0.607. The van der Waals surface area contributed by atoms with Gasteiger partial charge in [0.25, 0.3) is 0 Å². The molecule has 0 radical (unpaired) electrons. The second-order valence-electron chi connectivity index (χ2n) is 5.86. The predicted molar refractivity (Wildman–Crippen MR) is 96.0 cm³/mol. The van der Waals surface area contributed by atoms with Crippen molar-refractivity contribution in [3.8, 4) is 5.75 Å². The fourth-order valence-corrected chi connectivity index (χ4v) is 2.57. The molecule has 0 heterocycles. The molecule has 0 saturated carbocycles. The molecule has 0 aliphatic rings. The highest BCUT2D eigenvalue weighted by Gasteiger charge is 2.16. The Labute approximate surface area is 147 Å². The molecule has 2 aromatic carbocycles. The number of carboxylic acid groups (broad SMARTS) is 1. The fraction of sp³-hybridized carbons (Fsp3) is 0.300. The number of hydrogen-bond acceptors (Lipinski definition) is 3. The number of Topliss-reactive ketones (excluding diaryl/α,β-unsaturated/α-hetero) is 1. The van der Waals surface area contributed by atoms with Crippen LogP contribution in [0, 0.1) is 0 Å². The van der Waals surface area contributed by atoms with Crippen molar-refractivity contribution in [2.45, 2.75) is 38.8 Å². The molecular weight excluding hydrogens is 318 g/mol. The zero-order chi connectivity index (χ0) is 18.1. The quantitative estimate of drug-likeness (QED) is 0.668. The van der Waals surface area contributed by atoms with E-state index < -0.39 is 6.09 Å². The van der Waals surface area contributed by atoms with Gasteiger partial charge in [-0.15, -0.1) is 0 Å². The molecule has 25 heavy (non-hydrogen) atoms. The van der Waals surface area contributed by atoms with Gasteiger partial charge in [-0.25, -0.2) is 4.79 Å². The second-order valence-corrected chi connectivity index (χ2v) is 5.86. The molecule has 2 rings (SSSR count). The Bertz CT molecular complexity index is 683. The van der Waals surface area contributed by atoms with Gasteiger partial charge in [-0.2, -0.15) is 0 Å². The van der Waals surface area contributed by atoms with Gasteiger partial charge in [-0.05, 0) is 36.2 Å². The molecule has 5 heteroatoms. The number of ketones is 1. The summed E-state index contributed by atoms with van der Waals surface area (Å²) in [5.41, 5.74) is 1.63. The third-order valence-corrected chi connectivity index (χ3v) is 3.82. The van der Waals surface area contributed by atoms with E-state index >= 15 is 0 Å². The number of ether oxygens (including phenoxy) is 1. The Hall–Kier alpha value is -2.82. The highest BCUT2D eigenvalue weighted by atomic mass is 16.5. The first-order chi connectivity index (χ1) is 12.1. The number of benzene rings is 2. The summed E-state index contributed by atoms with van der Waals surface area (Å²) in [6.07, 6.45) is 0.501. The van der Waals surface area contributed by atoms with E-state index in [1.54, 1.807) is 24.3 Å². The van der Waals surface area contributed by atoms with E-state index in [2.05, 4.69) is 5.32 Å². The maximum absolute atomic E-state index is 12.3. The van der Waals surface area contributed by atoms with Crippen molar-refractivity contribution in [1.82, 2.24) is 5.32 Å². The van der Waals surface area contributed by atoms with Crippen LogP contribution in [0.2, 0.25) is 0 Å². The van der Waals surface area contributed by atoms with Crippen LogP contribution < -0.4 is 10.1 Å². The topological polar surface area (TPSA) is 75.6 Å². The van der Waals surface area contributed by atoms with Crippen molar-refractivity contribution in [1.29, 1.82) is 0 Å². The molecule has 2 N–H and O–H groups in total. The molecule has 1 amide bonds. The van der Waals surface area contributed by atoms with Crippen molar-refractivity contribution < 1.29 is 19.4 Å². The maximum Gasteiger partial charge on any atom is 0.404 e. The van der Waals surface area contributed by atoms with Gasteiger partial charge in [0.1, 0.15) is 12.4 Å². The van der Waals surface area contributed by atoms with E-state index in [0.717, 1.165) is 12.0 Å². The molecule has 0 spiro atoms. The summed E-state index contributed by atoms with van der Waals surface area (Å²) in [6, 6.07) is 16.4. The molecule has 2 aromatic rings. The first kappa shape index (κ1) is 18.5. The number of rotatable bonds is 9. The molecule has 5 nitrogen and oxygen atoms in total. The predicted octanol–water partition coefficient (Wildman–Crippen LogP) is 4.27. The Morgan fingerprint density at radius 1 is 1.08 bits per heavy atom. The molecule has 0 fully saturated rings. The zero-order valence-corrected chi connectivity index (χ0v) is 14.3. The summed E-state index contributed by atoms with van der Waals surface area (Å²) >= 11 is 0. The van der Waals surface area contributed by atoms with Crippen LogP contribution >= 0.6 is 0 Å².